The lowest BCUT2D eigenvalue weighted by atomic mass is 9.82. The normalized spacial score (nSPS) is 15.1. The van der Waals surface area contributed by atoms with Crippen LogP contribution in [0.5, 0.6) is 0 Å². The van der Waals surface area contributed by atoms with Gasteiger partial charge in [-0.1, -0.05) is 25.0 Å². The predicted molar refractivity (Wildman–Crippen MR) is 115 cm³/mol. The molecular formula is C23H32N2O6. The van der Waals surface area contributed by atoms with Crippen LogP contribution in [0.1, 0.15) is 70.2 Å². The fourth-order valence-corrected chi connectivity index (χ4v) is 3.72. The molecule has 1 saturated carbocycles. The molecule has 31 heavy (non-hydrogen) atoms. The number of nitrogens with one attached hydrogen (secondary N) is 2. The summed E-state index contributed by atoms with van der Waals surface area (Å²) in [5.41, 5.74) is -0.803. The van der Waals surface area contributed by atoms with Crippen molar-refractivity contribution in [2.45, 2.75) is 65.3 Å². The van der Waals surface area contributed by atoms with Gasteiger partial charge in [-0.25, -0.2) is 4.79 Å². The minimum absolute atomic E-state index is 0.0381. The quantitative estimate of drug-likeness (QED) is 0.610. The molecule has 0 heterocycles. The van der Waals surface area contributed by atoms with Crippen LogP contribution in [0, 0.1) is 5.41 Å². The van der Waals surface area contributed by atoms with E-state index in [9.17, 15) is 19.2 Å². The number of benzene rings is 1. The second-order valence-corrected chi connectivity index (χ2v) is 8.85. The van der Waals surface area contributed by atoms with Crippen LogP contribution in [0.3, 0.4) is 0 Å². The Bertz CT molecular complexity index is 822. The predicted octanol–water partition coefficient (Wildman–Crippen LogP) is 3.21. The lowest BCUT2D eigenvalue weighted by molar-refractivity contribution is -0.160. The fraction of sp³-hybridized carbons (Fsp3) is 0.565. The standard InChI is InChI=1S/C23H32N2O6/c1-5-30-20(28)16-10-6-7-11-17(16)24-19(27)15-31-21(29)23(12-8-9-13-23)14-18(26)25-22(2,3)4/h6-7,10-11H,5,8-9,12-15H2,1-4H3,(H,24,27)(H,25,26). The Balaban J connectivity index is 1.98. The van der Waals surface area contributed by atoms with Gasteiger partial charge in [-0.15, -0.1) is 0 Å². The van der Waals surface area contributed by atoms with E-state index in [2.05, 4.69) is 10.6 Å². The van der Waals surface area contributed by atoms with Crippen molar-refractivity contribution in [2.75, 3.05) is 18.5 Å². The first-order valence-corrected chi connectivity index (χ1v) is 10.6. The van der Waals surface area contributed by atoms with Gasteiger partial charge in [0.05, 0.1) is 23.3 Å². The lowest BCUT2D eigenvalue weighted by Gasteiger charge is -2.28. The zero-order valence-electron chi connectivity index (χ0n) is 18.7. The molecule has 0 aromatic heterocycles. The van der Waals surface area contributed by atoms with Gasteiger partial charge in [-0.3, -0.25) is 14.4 Å². The smallest absolute Gasteiger partial charge is 0.340 e. The monoisotopic (exact) mass is 432 g/mol. The van der Waals surface area contributed by atoms with Crippen LogP contribution in [-0.4, -0.2) is 42.5 Å². The van der Waals surface area contributed by atoms with Gasteiger partial charge in [0.25, 0.3) is 5.91 Å². The van der Waals surface area contributed by atoms with Gasteiger partial charge in [-0.2, -0.15) is 0 Å². The van der Waals surface area contributed by atoms with E-state index in [4.69, 9.17) is 9.47 Å². The van der Waals surface area contributed by atoms with Crippen LogP contribution in [0.4, 0.5) is 5.69 Å². The minimum Gasteiger partial charge on any atom is -0.462 e. The maximum absolute atomic E-state index is 12.8. The van der Waals surface area contributed by atoms with Crippen LogP contribution < -0.4 is 10.6 Å². The highest BCUT2D eigenvalue weighted by Gasteiger charge is 2.44. The summed E-state index contributed by atoms with van der Waals surface area (Å²) in [6.07, 6.45) is 2.80. The van der Waals surface area contributed by atoms with Crippen molar-refractivity contribution in [3.05, 3.63) is 29.8 Å². The number of ether oxygens (including phenoxy) is 2. The number of carbonyl (C=O) groups excluding carboxylic acids is 4. The molecule has 8 heteroatoms. The van der Waals surface area contributed by atoms with Crippen molar-refractivity contribution >= 4 is 29.4 Å². The van der Waals surface area contributed by atoms with Crippen LogP contribution in [0.25, 0.3) is 0 Å². The molecule has 2 N–H and O–H groups in total. The summed E-state index contributed by atoms with van der Waals surface area (Å²) in [6.45, 7) is 7.04. The Kier molecular flexibility index (Phi) is 8.19. The van der Waals surface area contributed by atoms with E-state index in [0.29, 0.717) is 12.8 Å². The highest BCUT2D eigenvalue weighted by molar-refractivity contribution is 6.02. The Morgan fingerprint density at radius 2 is 1.65 bits per heavy atom. The topological polar surface area (TPSA) is 111 Å². The SMILES string of the molecule is CCOC(=O)c1ccccc1NC(=O)COC(=O)C1(CC(=O)NC(C)(C)C)CCCC1. The zero-order valence-corrected chi connectivity index (χ0v) is 18.7. The van der Waals surface area contributed by atoms with E-state index < -0.39 is 35.4 Å². The first kappa shape index (κ1) is 24.4. The van der Waals surface area contributed by atoms with Gasteiger partial charge in [0.2, 0.25) is 5.91 Å². The second kappa shape index (κ2) is 10.4. The molecule has 0 spiro atoms. The number of para-hydroxylation sites is 1. The molecule has 0 aliphatic heterocycles. The molecule has 2 rings (SSSR count). The number of hydrogen-bond acceptors (Lipinski definition) is 6. The molecule has 0 unspecified atom stereocenters. The van der Waals surface area contributed by atoms with E-state index in [0.717, 1.165) is 12.8 Å². The summed E-state index contributed by atoms with van der Waals surface area (Å²) >= 11 is 0. The second-order valence-electron chi connectivity index (χ2n) is 8.85. The molecule has 0 saturated heterocycles. The molecule has 2 amide bonds. The van der Waals surface area contributed by atoms with Crippen molar-refractivity contribution in [1.29, 1.82) is 0 Å². The van der Waals surface area contributed by atoms with Gasteiger partial charge in [0, 0.05) is 12.0 Å². The molecule has 1 aromatic carbocycles. The highest BCUT2D eigenvalue weighted by Crippen LogP contribution is 2.42. The summed E-state index contributed by atoms with van der Waals surface area (Å²) in [6, 6.07) is 6.45. The van der Waals surface area contributed by atoms with Crippen molar-refractivity contribution < 1.29 is 28.7 Å². The molecule has 1 aliphatic carbocycles. The van der Waals surface area contributed by atoms with E-state index in [1.54, 1.807) is 31.2 Å². The maximum atomic E-state index is 12.8. The van der Waals surface area contributed by atoms with Crippen LogP contribution >= 0.6 is 0 Å². The van der Waals surface area contributed by atoms with Crippen molar-refractivity contribution in [3.8, 4) is 0 Å². The van der Waals surface area contributed by atoms with Crippen LogP contribution in [0.2, 0.25) is 0 Å². The molecule has 0 bridgehead atoms. The third kappa shape index (κ3) is 7.08. The van der Waals surface area contributed by atoms with E-state index in [-0.39, 0.29) is 30.2 Å². The summed E-state index contributed by atoms with van der Waals surface area (Å²) in [4.78, 5) is 49.6. The number of esters is 2. The van der Waals surface area contributed by atoms with E-state index >= 15 is 0 Å². The molecule has 1 fully saturated rings. The average Bonchev–Trinajstić information content (AvgIpc) is 3.14. The average molecular weight is 433 g/mol. The Morgan fingerprint density at radius 3 is 2.26 bits per heavy atom. The zero-order chi connectivity index (χ0) is 23.1. The number of hydrogen-bond donors (Lipinski definition) is 2. The van der Waals surface area contributed by atoms with Crippen LogP contribution in [0.15, 0.2) is 24.3 Å². The number of amides is 2. The molecule has 1 aromatic rings. The highest BCUT2D eigenvalue weighted by atomic mass is 16.5. The maximum Gasteiger partial charge on any atom is 0.340 e. The van der Waals surface area contributed by atoms with Gasteiger partial charge < -0.3 is 20.1 Å². The molecule has 0 radical (unpaired) electrons. The summed E-state index contributed by atoms with van der Waals surface area (Å²) in [5, 5.41) is 5.46. The van der Waals surface area contributed by atoms with Gasteiger partial charge in [0.15, 0.2) is 6.61 Å². The summed E-state index contributed by atoms with van der Waals surface area (Å²) in [7, 11) is 0. The number of carbonyl (C=O) groups is 4. The molecule has 8 nitrogen and oxygen atoms in total. The lowest BCUT2D eigenvalue weighted by Crippen LogP contribution is -2.44. The molecule has 0 atom stereocenters. The Labute approximate surface area is 183 Å². The van der Waals surface area contributed by atoms with Crippen molar-refractivity contribution in [2.24, 2.45) is 5.41 Å². The van der Waals surface area contributed by atoms with Crippen molar-refractivity contribution in [3.63, 3.8) is 0 Å². The third-order valence-corrected chi connectivity index (χ3v) is 5.04. The van der Waals surface area contributed by atoms with Gasteiger partial charge in [-0.05, 0) is 52.7 Å². The summed E-state index contributed by atoms with van der Waals surface area (Å²) < 4.78 is 10.3. The third-order valence-electron chi connectivity index (χ3n) is 5.04. The molecule has 170 valence electrons. The van der Waals surface area contributed by atoms with Gasteiger partial charge in [0.1, 0.15) is 0 Å². The largest absolute Gasteiger partial charge is 0.462 e. The Hall–Kier alpha value is -2.90. The van der Waals surface area contributed by atoms with Crippen LogP contribution in [-0.2, 0) is 23.9 Å². The fourth-order valence-electron chi connectivity index (χ4n) is 3.72. The van der Waals surface area contributed by atoms with E-state index in [1.165, 1.54) is 0 Å². The first-order chi connectivity index (χ1) is 14.6. The number of rotatable bonds is 8. The van der Waals surface area contributed by atoms with E-state index in [1.807, 2.05) is 20.8 Å². The Morgan fingerprint density at radius 1 is 1.00 bits per heavy atom. The molecular weight excluding hydrogens is 400 g/mol. The summed E-state index contributed by atoms with van der Waals surface area (Å²) in [5.74, 6) is -1.87. The van der Waals surface area contributed by atoms with Crippen molar-refractivity contribution in [1.82, 2.24) is 5.32 Å². The molecule has 1 aliphatic rings. The minimum atomic E-state index is -0.904. The van der Waals surface area contributed by atoms with Gasteiger partial charge >= 0.3 is 11.9 Å². The number of anilines is 1. The first-order valence-electron chi connectivity index (χ1n) is 10.6.